The Hall–Kier alpha value is -2.27. The van der Waals surface area contributed by atoms with Crippen LogP contribution in [0.2, 0.25) is 0 Å². The van der Waals surface area contributed by atoms with Gasteiger partial charge in [0.2, 0.25) is 5.88 Å². The summed E-state index contributed by atoms with van der Waals surface area (Å²) in [6, 6.07) is 9.01. The smallest absolute Gasteiger partial charge is 0.219 e. The standard InChI is InChI=1S/C15H17NO4/c1-18-13-6-5-11(9-17)8-14(13)20-10-12-4-3-7-16-15(12)19-2/h3-8,17H,9-10H2,1-2H3. The molecule has 0 aliphatic carbocycles. The Bertz CT molecular complexity index is 572. The Labute approximate surface area is 117 Å². The highest BCUT2D eigenvalue weighted by molar-refractivity contribution is 5.43. The van der Waals surface area contributed by atoms with Crippen LogP contribution >= 0.6 is 0 Å². The van der Waals surface area contributed by atoms with Gasteiger partial charge in [0.15, 0.2) is 11.5 Å². The molecule has 0 aliphatic rings. The molecule has 0 radical (unpaired) electrons. The molecule has 0 fully saturated rings. The Morgan fingerprint density at radius 3 is 2.65 bits per heavy atom. The first-order chi connectivity index (χ1) is 9.78. The molecule has 2 rings (SSSR count). The Morgan fingerprint density at radius 2 is 1.95 bits per heavy atom. The average molecular weight is 275 g/mol. The van der Waals surface area contributed by atoms with E-state index in [0.717, 1.165) is 11.1 Å². The van der Waals surface area contributed by atoms with Crippen molar-refractivity contribution in [3.63, 3.8) is 0 Å². The van der Waals surface area contributed by atoms with E-state index in [9.17, 15) is 0 Å². The molecule has 0 spiro atoms. The molecule has 106 valence electrons. The molecule has 1 aromatic heterocycles. The zero-order valence-electron chi connectivity index (χ0n) is 11.5. The van der Waals surface area contributed by atoms with E-state index in [1.165, 1.54) is 0 Å². The molecule has 1 N–H and O–H groups in total. The van der Waals surface area contributed by atoms with Gasteiger partial charge in [0.1, 0.15) is 6.61 Å². The van der Waals surface area contributed by atoms with E-state index in [2.05, 4.69) is 4.98 Å². The zero-order valence-corrected chi connectivity index (χ0v) is 11.5. The third kappa shape index (κ3) is 3.19. The Kier molecular flexibility index (Phi) is 4.79. The maximum absolute atomic E-state index is 9.17. The number of rotatable bonds is 6. The molecule has 0 unspecified atom stereocenters. The first kappa shape index (κ1) is 14.1. The molecule has 0 saturated heterocycles. The number of hydrogen-bond acceptors (Lipinski definition) is 5. The molecule has 0 amide bonds. The fourth-order valence-electron chi connectivity index (χ4n) is 1.81. The number of hydrogen-bond donors (Lipinski definition) is 1. The normalized spacial score (nSPS) is 10.2. The summed E-state index contributed by atoms with van der Waals surface area (Å²) >= 11 is 0. The molecule has 2 aromatic rings. The van der Waals surface area contributed by atoms with Gasteiger partial charge in [-0.1, -0.05) is 6.07 Å². The van der Waals surface area contributed by atoms with E-state index < -0.39 is 0 Å². The largest absolute Gasteiger partial charge is 0.493 e. The van der Waals surface area contributed by atoms with E-state index in [1.54, 1.807) is 38.6 Å². The number of pyridine rings is 1. The van der Waals surface area contributed by atoms with E-state index >= 15 is 0 Å². The van der Waals surface area contributed by atoms with Gasteiger partial charge in [0.25, 0.3) is 0 Å². The van der Waals surface area contributed by atoms with Gasteiger partial charge >= 0.3 is 0 Å². The molecular weight excluding hydrogens is 258 g/mol. The van der Waals surface area contributed by atoms with Crippen LogP contribution in [0.1, 0.15) is 11.1 Å². The summed E-state index contributed by atoms with van der Waals surface area (Å²) in [5, 5.41) is 9.17. The third-order valence-electron chi connectivity index (χ3n) is 2.84. The second kappa shape index (κ2) is 6.77. The van der Waals surface area contributed by atoms with Gasteiger partial charge in [-0.2, -0.15) is 0 Å². The van der Waals surface area contributed by atoms with Crippen LogP contribution in [0.25, 0.3) is 0 Å². The number of aliphatic hydroxyl groups is 1. The van der Waals surface area contributed by atoms with Crippen LogP contribution < -0.4 is 14.2 Å². The predicted octanol–water partition coefficient (Wildman–Crippen LogP) is 2.17. The topological polar surface area (TPSA) is 60.8 Å². The van der Waals surface area contributed by atoms with Gasteiger partial charge in [-0.25, -0.2) is 4.98 Å². The zero-order chi connectivity index (χ0) is 14.4. The van der Waals surface area contributed by atoms with Gasteiger partial charge in [0, 0.05) is 6.20 Å². The average Bonchev–Trinajstić information content (AvgIpc) is 2.52. The van der Waals surface area contributed by atoms with Crippen molar-refractivity contribution in [3.05, 3.63) is 47.7 Å². The fraction of sp³-hybridized carbons (Fsp3) is 0.267. The summed E-state index contributed by atoms with van der Waals surface area (Å²) in [6.45, 7) is 0.263. The van der Waals surface area contributed by atoms with Crippen LogP contribution in [0.3, 0.4) is 0 Å². The Balaban J connectivity index is 2.17. The molecule has 0 aliphatic heterocycles. The lowest BCUT2D eigenvalue weighted by Crippen LogP contribution is -2.01. The minimum Gasteiger partial charge on any atom is -0.493 e. The minimum absolute atomic E-state index is 0.0451. The molecule has 0 bridgehead atoms. The number of ether oxygens (including phenoxy) is 3. The molecule has 20 heavy (non-hydrogen) atoms. The molecule has 0 atom stereocenters. The summed E-state index contributed by atoms with van der Waals surface area (Å²) in [5.41, 5.74) is 1.60. The lowest BCUT2D eigenvalue weighted by atomic mass is 10.2. The lowest BCUT2D eigenvalue weighted by molar-refractivity contribution is 0.267. The first-order valence-electron chi connectivity index (χ1n) is 6.17. The van der Waals surface area contributed by atoms with Crippen LogP contribution in [0.4, 0.5) is 0 Å². The van der Waals surface area contributed by atoms with Crippen LogP contribution in [-0.4, -0.2) is 24.3 Å². The maximum atomic E-state index is 9.17. The van der Waals surface area contributed by atoms with Crippen LogP contribution in [0.5, 0.6) is 17.4 Å². The Morgan fingerprint density at radius 1 is 1.10 bits per heavy atom. The molecule has 1 aromatic carbocycles. The number of methoxy groups -OCH3 is 2. The molecule has 1 heterocycles. The number of nitrogens with zero attached hydrogens (tertiary/aromatic N) is 1. The van der Waals surface area contributed by atoms with Crippen molar-refractivity contribution < 1.29 is 19.3 Å². The maximum Gasteiger partial charge on any atom is 0.219 e. The van der Waals surface area contributed by atoms with Gasteiger partial charge in [0.05, 0.1) is 26.4 Å². The highest BCUT2D eigenvalue weighted by Crippen LogP contribution is 2.29. The van der Waals surface area contributed by atoms with Crippen molar-refractivity contribution in [1.29, 1.82) is 0 Å². The summed E-state index contributed by atoms with van der Waals surface area (Å²) < 4.78 is 16.2. The van der Waals surface area contributed by atoms with Crippen molar-refractivity contribution in [2.45, 2.75) is 13.2 Å². The van der Waals surface area contributed by atoms with Gasteiger partial charge in [-0.15, -0.1) is 0 Å². The number of aromatic nitrogens is 1. The van der Waals surface area contributed by atoms with Crippen LogP contribution in [-0.2, 0) is 13.2 Å². The fourth-order valence-corrected chi connectivity index (χ4v) is 1.81. The van der Waals surface area contributed by atoms with Gasteiger partial charge < -0.3 is 19.3 Å². The summed E-state index contributed by atoms with van der Waals surface area (Å²) in [5.74, 6) is 1.72. The van der Waals surface area contributed by atoms with Gasteiger partial charge in [-0.3, -0.25) is 0 Å². The lowest BCUT2D eigenvalue weighted by Gasteiger charge is -2.13. The quantitative estimate of drug-likeness (QED) is 0.875. The molecule has 5 heteroatoms. The summed E-state index contributed by atoms with van der Waals surface area (Å²) in [7, 11) is 3.14. The van der Waals surface area contributed by atoms with Crippen molar-refractivity contribution in [1.82, 2.24) is 4.98 Å². The highest BCUT2D eigenvalue weighted by atomic mass is 16.5. The second-order valence-corrected chi connectivity index (χ2v) is 4.10. The minimum atomic E-state index is -0.0451. The van der Waals surface area contributed by atoms with Crippen molar-refractivity contribution in [3.8, 4) is 17.4 Å². The van der Waals surface area contributed by atoms with Gasteiger partial charge in [-0.05, 0) is 29.8 Å². The van der Waals surface area contributed by atoms with E-state index in [1.807, 2.05) is 12.1 Å². The summed E-state index contributed by atoms with van der Waals surface area (Å²) in [6.07, 6.45) is 1.66. The van der Waals surface area contributed by atoms with Crippen molar-refractivity contribution in [2.24, 2.45) is 0 Å². The predicted molar refractivity (Wildman–Crippen MR) is 74.0 cm³/mol. The van der Waals surface area contributed by atoms with Crippen molar-refractivity contribution >= 4 is 0 Å². The van der Waals surface area contributed by atoms with Crippen molar-refractivity contribution in [2.75, 3.05) is 14.2 Å². The number of benzene rings is 1. The summed E-state index contributed by atoms with van der Waals surface area (Å²) in [4.78, 5) is 4.11. The van der Waals surface area contributed by atoms with Crippen LogP contribution in [0.15, 0.2) is 36.5 Å². The third-order valence-corrected chi connectivity index (χ3v) is 2.84. The first-order valence-corrected chi connectivity index (χ1v) is 6.17. The molecule has 5 nitrogen and oxygen atoms in total. The number of aliphatic hydroxyl groups excluding tert-OH is 1. The highest BCUT2D eigenvalue weighted by Gasteiger charge is 2.08. The van der Waals surface area contributed by atoms with Crippen LogP contribution in [0, 0.1) is 0 Å². The monoisotopic (exact) mass is 275 g/mol. The SMILES string of the molecule is COc1ccc(CO)cc1OCc1cccnc1OC. The molecule has 0 saturated carbocycles. The molecular formula is C15H17NO4. The van der Waals surface area contributed by atoms with E-state index in [0.29, 0.717) is 24.0 Å². The van der Waals surface area contributed by atoms with E-state index in [4.69, 9.17) is 19.3 Å². The van der Waals surface area contributed by atoms with E-state index in [-0.39, 0.29) is 6.61 Å². The second-order valence-electron chi connectivity index (χ2n) is 4.10.